The van der Waals surface area contributed by atoms with E-state index in [-0.39, 0.29) is 11.5 Å². The fourth-order valence-electron chi connectivity index (χ4n) is 4.28. The Morgan fingerprint density at radius 1 is 1.14 bits per heavy atom. The molecule has 0 aliphatic carbocycles. The zero-order valence-electron chi connectivity index (χ0n) is 19.3. The summed E-state index contributed by atoms with van der Waals surface area (Å²) in [6.45, 7) is 4.54. The molecule has 1 amide bonds. The van der Waals surface area contributed by atoms with Crippen molar-refractivity contribution in [1.29, 1.82) is 0 Å². The van der Waals surface area contributed by atoms with Crippen molar-refractivity contribution in [2.75, 3.05) is 29.5 Å². The molecule has 1 aromatic carbocycles. The van der Waals surface area contributed by atoms with Gasteiger partial charge in [0.1, 0.15) is 0 Å². The van der Waals surface area contributed by atoms with Crippen LogP contribution in [0.2, 0.25) is 4.34 Å². The average molecular weight is 511 g/mol. The van der Waals surface area contributed by atoms with E-state index in [0.717, 1.165) is 48.7 Å². The molecular weight excluding hydrogens is 484 g/mol. The molecule has 2 aliphatic rings. The summed E-state index contributed by atoms with van der Waals surface area (Å²) in [5.41, 5.74) is 9.91. The largest absolute Gasteiger partial charge is 0.370 e. The van der Waals surface area contributed by atoms with Crippen LogP contribution in [-0.4, -0.2) is 30.1 Å². The van der Waals surface area contributed by atoms with E-state index in [0.29, 0.717) is 21.7 Å². The number of pyridine rings is 1. The highest BCUT2D eigenvalue weighted by atomic mass is 35.5. The number of carbonyl (C=O) groups excluding carboxylic acids is 1. The minimum Gasteiger partial charge on any atom is -0.370 e. The van der Waals surface area contributed by atoms with E-state index >= 15 is 0 Å². The van der Waals surface area contributed by atoms with E-state index < -0.39 is 0 Å². The Balaban J connectivity index is 1.39. The molecule has 1 fully saturated rings. The summed E-state index contributed by atoms with van der Waals surface area (Å²) >= 11 is 7.19. The number of nitrogens with zero attached hydrogens (tertiary/aromatic N) is 3. The van der Waals surface area contributed by atoms with Gasteiger partial charge in [-0.25, -0.2) is 0 Å². The van der Waals surface area contributed by atoms with E-state index in [1.807, 2.05) is 29.4 Å². The monoisotopic (exact) mass is 510 g/mol. The maximum atomic E-state index is 12.4. The Labute approximate surface area is 212 Å². The molecule has 5 rings (SSSR count). The van der Waals surface area contributed by atoms with Crippen LogP contribution in [0.3, 0.4) is 0 Å². The van der Waals surface area contributed by atoms with Gasteiger partial charge in [0.25, 0.3) is 11.5 Å². The maximum absolute atomic E-state index is 12.4. The Hall–Kier alpha value is -3.27. The van der Waals surface area contributed by atoms with Gasteiger partial charge in [0.2, 0.25) is 0 Å². The van der Waals surface area contributed by atoms with Gasteiger partial charge in [-0.3, -0.25) is 19.2 Å². The summed E-state index contributed by atoms with van der Waals surface area (Å²) in [5, 5.41) is 4.82. The average Bonchev–Trinajstić information content (AvgIpc) is 3.52. The van der Waals surface area contributed by atoms with Crippen molar-refractivity contribution in [3.8, 4) is 5.69 Å². The molecule has 35 heavy (non-hydrogen) atoms. The van der Waals surface area contributed by atoms with E-state index in [4.69, 9.17) is 11.6 Å². The molecule has 0 saturated carbocycles. The molecule has 0 radical (unpaired) electrons. The molecule has 0 bridgehead atoms. The first-order valence-electron chi connectivity index (χ1n) is 11.6. The van der Waals surface area contributed by atoms with Crippen molar-refractivity contribution in [2.24, 2.45) is 5.92 Å². The second kappa shape index (κ2) is 10.2. The highest BCUT2D eigenvalue weighted by Gasteiger charge is 2.23. The smallest absolute Gasteiger partial charge is 0.261 e. The van der Waals surface area contributed by atoms with Crippen molar-refractivity contribution < 1.29 is 4.79 Å². The number of carbonyl (C=O) groups is 1. The zero-order valence-corrected chi connectivity index (χ0v) is 20.9. The van der Waals surface area contributed by atoms with Crippen LogP contribution >= 0.6 is 22.9 Å². The predicted molar refractivity (Wildman–Crippen MR) is 141 cm³/mol. The molecule has 8 nitrogen and oxygen atoms in total. The highest BCUT2D eigenvalue weighted by molar-refractivity contribution is 7.18. The molecule has 2 aliphatic heterocycles. The second-order valence-electron chi connectivity index (χ2n) is 8.80. The number of aromatic nitrogens is 1. The normalized spacial score (nSPS) is 16.2. The third kappa shape index (κ3) is 5.22. The van der Waals surface area contributed by atoms with Crippen LogP contribution in [0.25, 0.3) is 5.69 Å². The fourth-order valence-corrected chi connectivity index (χ4v) is 5.24. The first kappa shape index (κ1) is 23.5. The molecule has 3 N–H and O–H groups in total. The Bertz CT molecular complexity index is 1310. The SMILES string of the molecule is CC1CCN(c2cc(-n3ccccc3=O)ccc2N2C=C(CNC(=O)c3ccc(Cl)s3)NN2)CC1. The third-order valence-electron chi connectivity index (χ3n) is 6.30. The van der Waals surface area contributed by atoms with Crippen molar-refractivity contribution in [3.05, 3.63) is 86.2 Å². The van der Waals surface area contributed by atoms with Crippen LogP contribution in [0.15, 0.2) is 71.4 Å². The standard InChI is InChI=1S/C25H27ClN6O2S/c1-17-9-12-30(13-10-17)21-14-19(31-11-3-2-4-24(31)33)5-6-20(21)32-16-18(28-29-32)15-27-25(34)22-7-8-23(26)35-22/h2-8,11,14,16-17,28-29H,9-10,12-13,15H2,1H3,(H,27,34). The Morgan fingerprint density at radius 3 is 2.71 bits per heavy atom. The number of piperidine rings is 1. The number of halogens is 1. The molecule has 0 spiro atoms. The molecule has 182 valence electrons. The minimum absolute atomic E-state index is 0.0654. The number of hydrazine groups is 2. The van der Waals surface area contributed by atoms with Gasteiger partial charge in [-0.2, -0.15) is 0 Å². The molecule has 0 atom stereocenters. The van der Waals surface area contributed by atoms with Crippen LogP contribution in [0, 0.1) is 5.92 Å². The zero-order chi connectivity index (χ0) is 24.4. The number of hydrogen-bond donors (Lipinski definition) is 3. The fraction of sp³-hybridized carbons (Fsp3) is 0.280. The number of amides is 1. The Kier molecular flexibility index (Phi) is 6.81. The van der Waals surface area contributed by atoms with Crippen molar-refractivity contribution in [3.63, 3.8) is 0 Å². The molecule has 1 saturated heterocycles. The summed E-state index contributed by atoms with van der Waals surface area (Å²) in [5.74, 6) is 0.540. The lowest BCUT2D eigenvalue weighted by molar-refractivity contribution is 0.0960. The van der Waals surface area contributed by atoms with E-state index in [2.05, 4.69) is 34.2 Å². The van der Waals surface area contributed by atoms with Crippen LogP contribution in [-0.2, 0) is 0 Å². The maximum Gasteiger partial charge on any atom is 0.261 e. The first-order valence-corrected chi connectivity index (χ1v) is 12.8. The van der Waals surface area contributed by atoms with Gasteiger partial charge >= 0.3 is 0 Å². The van der Waals surface area contributed by atoms with Gasteiger partial charge in [0, 0.05) is 31.6 Å². The second-order valence-corrected chi connectivity index (χ2v) is 10.5. The first-order chi connectivity index (χ1) is 17.0. The molecule has 3 aromatic rings. The number of anilines is 2. The van der Waals surface area contributed by atoms with Gasteiger partial charge in [-0.15, -0.1) is 16.9 Å². The van der Waals surface area contributed by atoms with Crippen LogP contribution < -0.4 is 31.7 Å². The quantitative estimate of drug-likeness (QED) is 0.467. The molecule has 0 unspecified atom stereocenters. The van der Waals surface area contributed by atoms with Gasteiger partial charge in [0.05, 0.1) is 38.5 Å². The van der Waals surface area contributed by atoms with Gasteiger partial charge in [0.15, 0.2) is 0 Å². The lowest BCUT2D eigenvalue weighted by atomic mass is 9.98. The van der Waals surface area contributed by atoms with Crippen molar-refractivity contribution in [1.82, 2.24) is 20.8 Å². The van der Waals surface area contributed by atoms with Crippen LogP contribution in [0.4, 0.5) is 11.4 Å². The predicted octanol–water partition coefficient (Wildman–Crippen LogP) is 3.89. The third-order valence-corrected chi connectivity index (χ3v) is 7.53. The molecular formula is C25H27ClN6O2S. The van der Waals surface area contributed by atoms with Gasteiger partial charge in [-0.1, -0.05) is 24.6 Å². The van der Waals surface area contributed by atoms with Crippen molar-refractivity contribution in [2.45, 2.75) is 19.8 Å². The van der Waals surface area contributed by atoms with Crippen LogP contribution in [0.5, 0.6) is 0 Å². The summed E-state index contributed by atoms with van der Waals surface area (Å²) in [4.78, 5) is 27.8. The summed E-state index contributed by atoms with van der Waals surface area (Å²) in [6, 6.07) is 14.6. The number of hydrogen-bond acceptors (Lipinski definition) is 7. The van der Waals surface area contributed by atoms with E-state index in [1.54, 1.807) is 35.0 Å². The summed E-state index contributed by atoms with van der Waals surface area (Å²) in [6.07, 6.45) is 5.97. The summed E-state index contributed by atoms with van der Waals surface area (Å²) < 4.78 is 2.24. The minimum atomic E-state index is -0.163. The lowest BCUT2D eigenvalue weighted by Crippen LogP contribution is -2.40. The van der Waals surface area contributed by atoms with E-state index in [9.17, 15) is 9.59 Å². The number of thiophene rings is 1. The summed E-state index contributed by atoms with van der Waals surface area (Å²) in [7, 11) is 0. The van der Waals surface area contributed by atoms with Gasteiger partial charge in [-0.05, 0) is 55.2 Å². The molecule has 2 aromatic heterocycles. The van der Waals surface area contributed by atoms with Crippen LogP contribution in [0.1, 0.15) is 29.4 Å². The number of benzene rings is 1. The van der Waals surface area contributed by atoms with Crippen molar-refractivity contribution >= 4 is 40.2 Å². The molecule has 10 heteroatoms. The Morgan fingerprint density at radius 2 is 1.97 bits per heavy atom. The topological polar surface area (TPSA) is 81.6 Å². The number of rotatable bonds is 6. The molecule has 4 heterocycles. The lowest BCUT2D eigenvalue weighted by Gasteiger charge is -2.35. The van der Waals surface area contributed by atoms with E-state index in [1.165, 1.54) is 11.3 Å². The van der Waals surface area contributed by atoms with Gasteiger partial charge < -0.3 is 15.6 Å². The highest BCUT2D eigenvalue weighted by Crippen LogP contribution is 2.34. The number of nitrogens with one attached hydrogen (secondary N) is 3.